The molecule has 0 atom stereocenters. The normalized spacial score (nSPS) is 13.1. The third kappa shape index (κ3) is 5.05. The van der Waals surface area contributed by atoms with E-state index in [-0.39, 0.29) is 12.5 Å². The second kappa shape index (κ2) is 8.80. The van der Waals surface area contributed by atoms with Gasteiger partial charge in [0.15, 0.2) is 6.61 Å². The SMILES string of the molecule is NC(=O)COc1ccc(C(=O)NCCCc2nc3c(s2)CCCC3)cc1. The Hall–Kier alpha value is -2.41. The van der Waals surface area contributed by atoms with E-state index in [0.29, 0.717) is 17.9 Å². The molecule has 2 amide bonds. The molecule has 0 unspecified atom stereocenters. The van der Waals surface area contributed by atoms with Crippen molar-refractivity contribution in [2.75, 3.05) is 13.2 Å². The third-order valence-electron chi connectivity index (χ3n) is 4.24. The zero-order chi connectivity index (χ0) is 18.4. The highest BCUT2D eigenvalue weighted by molar-refractivity contribution is 7.11. The van der Waals surface area contributed by atoms with E-state index in [9.17, 15) is 9.59 Å². The summed E-state index contributed by atoms with van der Waals surface area (Å²) in [5.74, 6) is -0.147. The molecule has 1 aliphatic carbocycles. The topological polar surface area (TPSA) is 94.3 Å². The molecule has 26 heavy (non-hydrogen) atoms. The van der Waals surface area contributed by atoms with E-state index in [1.54, 1.807) is 24.3 Å². The van der Waals surface area contributed by atoms with Crippen LogP contribution in [-0.4, -0.2) is 29.9 Å². The summed E-state index contributed by atoms with van der Waals surface area (Å²) in [5.41, 5.74) is 6.87. The van der Waals surface area contributed by atoms with Crippen molar-refractivity contribution in [2.45, 2.75) is 38.5 Å². The molecule has 0 aliphatic heterocycles. The van der Waals surface area contributed by atoms with Crippen LogP contribution in [0.2, 0.25) is 0 Å². The number of ether oxygens (including phenoxy) is 1. The van der Waals surface area contributed by atoms with Gasteiger partial charge in [0.1, 0.15) is 5.75 Å². The van der Waals surface area contributed by atoms with Crippen LogP contribution in [0.1, 0.15) is 45.2 Å². The van der Waals surface area contributed by atoms with E-state index in [0.717, 1.165) is 19.3 Å². The van der Waals surface area contributed by atoms with E-state index in [4.69, 9.17) is 15.5 Å². The maximum atomic E-state index is 12.2. The molecule has 0 saturated heterocycles. The van der Waals surface area contributed by atoms with Crippen LogP contribution in [0.15, 0.2) is 24.3 Å². The molecular formula is C19H23N3O3S. The Labute approximate surface area is 156 Å². The van der Waals surface area contributed by atoms with Crippen molar-refractivity contribution in [1.29, 1.82) is 0 Å². The molecule has 6 nitrogen and oxygen atoms in total. The number of aryl methyl sites for hydroxylation is 3. The van der Waals surface area contributed by atoms with Crippen molar-refractivity contribution in [3.05, 3.63) is 45.4 Å². The second-order valence-electron chi connectivity index (χ2n) is 6.32. The van der Waals surface area contributed by atoms with Gasteiger partial charge in [-0.3, -0.25) is 9.59 Å². The van der Waals surface area contributed by atoms with E-state index in [2.05, 4.69) is 5.32 Å². The quantitative estimate of drug-likeness (QED) is 0.694. The number of hydrogen-bond acceptors (Lipinski definition) is 5. The van der Waals surface area contributed by atoms with Crippen LogP contribution >= 0.6 is 11.3 Å². The Morgan fingerprint density at radius 3 is 2.69 bits per heavy atom. The van der Waals surface area contributed by atoms with Gasteiger partial charge in [-0.05, 0) is 56.4 Å². The molecule has 2 aromatic rings. The fourth-order valence-corrected chi connectivity index (χ4v) is 4.11. The summed E-state index contributed by atoms with van der Waals surface area (Å²) in [6, 6.07) is 6.64. The molecular weight excluding hydrogens is 350 g/mol. The maximum Gasteiger partial charge on any atom is 0.255 e. The van der Waals surface area contributed by atoms with Gasteiger partial charge in [-0.2, -0.15) is 0 Å². The van der Waals surface area contributed by atoms with Gasteiger partial charge >= 0.3 is 0 Å². The van der Waals surface area contributed by atoms with Gasteiger partial charge in [-0.1, -0.05) is 0 Å². The lowest BCUT2D eigenvalue weighted by molar-refractivity contribution is -0.119. The van der Waals surface area contributed by atoms with Crippen molar-refractivity contribution in [1.82, 2.24) is 10.3 Å². The molecule has 0 bridgehead atoms. The van der Waals surface area contributed by atoms with Crippen molar-refractivity contribution >= 4 is 23.2 Å². The number of nitrogens with one attached hydrogen (secondary N) is 1. The van der Waals surface area contributed by atoms with Crippen molar-refractivity contribution in [3.63, 3.8) is 0 Å². The summed E-state index contributed by atoms with van der Waals surface area (Å²) in [6.07, 6.45) is 6.58. The number of benzene rings is 1. The predicted octanol–water partition coefficient (Wildman–Crippen LogP) is 2.25. The summed E-state index contributed by atoms with van der Waals surface area (Å²) in [6.45, 7) is 0.439. The Balaban J connectivity index is 1.41. The number of aromatic nitrogens is 1. The Kier molecular flexibility index (Phi) is 6.22. The highest BCUT2D eigenvalue weighted by Crippen LogP contribution is 2.27. The first kappa shape index (κ1) is 18.4. The monoisotopic (exact) mass is 373 g/mol. The van der Waals surface area contributed by atoms with Gasteiger partial charge < -0.3 is 15.8 Å². The summed E-state index contributed by atoms with van der Waals surface area (Å²) in [4.78, 5) is 29.0. The molecule has 3 N–H and O–H groups in total. The van der Waals surface area contributed by atoms with Crippen LogP contribution in [-0.2, 0) is 24.1 Å². The minimum atomic E-state index is -0.534. The Morgan fingerprint density at radius 1 is 1.19 bits per heavy atom. The molecule has 1 aromatic heterocycles. The first-order valence-corrected chi connectivity index (χ1v) is 9.70. The number of rotatable bonds is 8. The summed E-state index contributed by atoms with van der Waals surface area (Å²) >= 11 is 1.83. The van der Waals surface area contributed by atoms with Crippen LogP contribution in [0, 0.1) is 0 Å². The van der Waals surface area contributed by atoms with Gasteiger partial charge in [-0.25, -0.2) is 4.98 Å². The molecule has 0 saturated carbocycles. The minimum absolute atomic E-state index is 0.120. The lowest BCUT2D eigenvalue weighted by Crippen LogP contribution is -2.24. The zero-order valence-corrected chi connectivity index (χ0v) is 15.4. The standard InChI is InChI=1S/C19H23N3O3S/c20-17(23)12-25-14-9-7-13(8-10-14)19(24)21-11-3-6-18-22-15-4-1-2-5-16(15)26-18/h7-10H,1-6,11-12H2,(H2,20,23)(H,21,24). The first-order valence-electron chi connectivity index (χ1n) is 8.88. The average Bonchev–Trinajstić information content (AvgIpc) is 3.06. The molecule has 138 valence electrons. The summed E-state index contributed by atoms with van der Waals surface area (Å²) < 4.78 is 5.17. The molecule has 3 rings (SSSR count). The van der Waals surface area contributed by atoms with E-state index in [1.807, 2.05) is 11.3 Å². The molecule has 7 heteroatoms. The Bertz CT molecular complexity index is 747. The van der Waals surface area contributed by atoms with Crippen LogP contribution in [0.3, 0.4) is 0 Å². The smallest absolute Gasteiger partial charge is 0.255 e. The number of hydrogen-bond donors (Lipinski definition) is 2. The molecule has 0 radical (unpaired) electrons. The summed E-state index contributed by atoms with van der Waals surface area (Å²) in [5, 5.41) is 4.11. The second-order valence-corrected chi connectivity index (χ2v) is 7.49. The lowest BCUT2D eigenvalue weighted by Gasteiger charge is -2.07. The van der Waals surface area contributed by atoms with E-state index in [1.165, 1.54) is 34.8 Å². The fraction of sp³-hybridized carbons (Fsp3) is 0.421. The van der Waals surface area contributed by atoms with Gasteiger partial charge in [0.25, 0.3) is 11.8 Å². The zero-order valence-electron chi connectivity index (χ0n) is 14.6. The van der Waals surface area contributed by atoms with Gasteiger partial charge in [0, 0.05) is 23.4 Å². The number of amides is 2. The number of thiazole rings is 1. The number of carbonyl (C=O) groups excluding carboxylic acids is 2. The number of fused-ring (bicyclic) bond motifs is 1. The largest absolute Gasteiger partial charge is 0.484 e. The molecule has 0 fully saturated rings. The highest BCUT2D eigenvalue weighted by Gasteiger charge is 2.14. The molecule has 1 heterocycles. The van der Waals surface area contributed by atoms with Crippen LogP contribution in [0.25, 0.3) is 0 Å². The van der Waals surface area contributed by atoms with E-state index >= 15 is 0 Å². The number of nitrogens with zero attached hydrogens (tertiary/aromatic N) is 1. The van der Waals surface area contributed by atoms with Crippen LogP contribution in [0.5, 0.6) is 5.75 Å². The predicted molar refractivity (Wildman–Crippen MR) is 101 cm³/mol. The fourth-order valence-electron chi connectivity index (χ4n) is 2.91. The van der Waals surface area contributed by atoms with Gasteiger partial charge in [0.05, 0.1) is 10.7 Å². The van der Waals surface area contributed by atoms with Gasteiger partial charge in [-0.15, -0.1) is 11.3 Å². The third-order valence-corrected chi connectivity index (χ3v) is 5.46. The molecule has 0 spiro atoms. The van der Waals surface area contributed by atoms with E-state index < -0.39 is 5.91 Å². The van der Waals surface area contributed by atoms with Gasteiger partial charge in [0.2, 0.25) is 0 Å². The van der Waals surface area contributed by atoms with Crippen LogP contribution < -0.4 is 15.8 Å². The van der Waals surface area contributed by atoms with Crippen molar-refractivity contribution in [2.24, 2.45) is 5.73 Å². The van der Waals surface area contributed by atoms with Crippen LogP contribution in [0.4, 0.5) is 0 Å². The minimum Gasteiger partial charge on any atom is -0.484 e. The maximum absolute atomic E-state index is 12.2. The average molecular weight is 373 g/mol. The summed E-state index contributed by atoms with van der Waals surface area (Å²) in [7, 11) is 0. The Morgan fingerprint density at radius 2 is 1.96 bits per heavy atom. The first-order chi connectivity index (χ1) is 12.6. The highest BCUT2D eigenvalue weighted by atomic mass is 32.1. The van der Waals surface area contributed by atoms with Crippen molar-refractivity contribution in [3.8, 4) is 5.75 Å². The van der Waals surface area contributed by atoms with Crippen molar-refractivity contribution < 1.29 is 14.3 Å². The number of carbonyl (C=O) groups is 2. The number of nitrogens with two attached hydrogens (primary N) is 1. The lowest BCUT2D eigenvalue weighted by atomic mass is 10.0. The molecule has 1 aliphatic rings. The number of primary amides is 1. The molecule has 1 aromatic carbocycles.